The fourth-order valence-corrected chi connectivity index (χ4v) is 18.5. The Balaban J connectivity index is 0.000000113. The molecule has 0 N–H and O–H groups in total. The third-order valence-corrected chi connectivity index (χ3v) is 24.2. The lowest BCUT2D eigenvalue weighted by Crippen LogP contribution is -2.18. The largest absolute Gasteiger partial charge is 0.344 e. The zero-order valence-corrected chi connectivity index (χ0v) is 64.6. The van der Waals surface area contributed by atoms with Gasteiger partial charge in [0, 0.05) is 73.1 Å². The van der Waals surface area contributed by atoms with Crippen LogP contribution in [0.15, 0.2) is 243 Å². The van der Waals surface area contributed by atoms with Crippen LogP contribution in [0.25, 0.3) is 64.6 Å². The van der Waals surface area contributed by atoms with Gasteiger partial charge in [0.1, 0.15) is 0 Å². The van der Waals surface area contributed by atoms with Crippen molar-refractivity contribution in [2.75, 3.05) is 47.8 Å². The van der Waals surface area contributed by atoms with Crippen LogP contribution in [0.2, 0.25) is 0 Å². The van der Waals surface area contributed by atoms with Gasteiger partial charge >= 0.3 is 0 Å². The van der Waals surface area contributed by atoms with E-state index < -0.39 is 0 Å². The number of benzene rings is 14. The van der Waals surface area contributed by atoms with Crippen LogP contribution in [-0.2, 0) is 56.8 Å². The summed E-state index contributed by atoms with van der Waals surface area (Å²) in [5.41, 5.74) is 28.9. The minimum atomic E-state index is 0.121. The van der Waals surface area contributed by atoms with Gasteiger partial charge in [-0.05, 0) is 269 Å². The SMILES string of the molecule is CC(C)c1cc2c(c3ccccc13)CCc1ccccc1N2C.CCC(CC)c1cc2ccccc2c2c1CCc1c(ccc3ccccc13)N2C.CCC(CC)c1ccc2c(c1)CCc1cc3ccccc3cc1N2C.CN1c2cc3ccccc3cc2CCc2c(C(C)(C)C)cc3ccccc3c21. The summed E-state index contributed by atoms with van der Waals surface area (Å²) in [6.07, 6.45) is 13.7. The normalized spacial score (nSPS) is 13.8. The maximum Gasteiger partial charge on any atom is 0.0523 e. The number of rotatable bonds is 7. The summed E-state index contributed by atoms with van der Waals surface area (Å²) in [5.74, 6) is 1.83. The zero-order valence-electron chi connectivity index (χ0n) is 64.6. The Labute approximate surface area is 626 Å². The van der Waals surface area contributed by atoms with Crippen LogP contribution in [0, 0.1) is 0 Å². The van der Waals surface area contributed by atoms with E-state index >= 15 is 0 Å². The maximum absolute atomic E-state index is 2.48. The number of nitrogens with zero attached hydrogens (tertiary/aromatic N) is 4. The third kappa shape index (κ3) is 13.4. The van der Waals surface area contributed by atoms with E-state index in [2.05, 4.69) is 353 Å². The summed E-state index contributed by atoms with van der Waals surface area (Å²) in [5, 5.41) is 16.3. The highest BCUT2D eigenvalue weighted by Gasteiger charge is 2.30. The molecule has 4 nitrogen and oxygen atoms in total. The van der Waals surface area contributed by atoms with Gasteiger partial charge in [-0.2, -0.15) is 0 Å². The molecule has 14 aromatic rings. The van der Waals surface area contributed by atoms with E-state index in [-0.39, 0.29) is 5.41 Å². The van der Waals surface area contributed by atoms with E-state index in [1.807, 2.05) is 0 Å². The molecule has 4 heteroatoms. The molecule has 105 heavy (non-hydrogen) atoms. The second-order valence-corrected chi connectivity index (χ2v) is 31.6. The summed E-state index contributed by atoms with van der Waals surface area (Å²) in [7, 11) is 8.94. The van der Waals surface area contributed by atoms with Gasteiger partial charge in [-0.25, -0.2) is 0 Å². The van der Waals surface area contributed by atoms with E-state index in [0.717, 1.165) is 51.4 Å². The van der Waals surface area contributed by atoms with Gasteiger partial charge in [0.15, 0.2) is 0 Å². The van der Waals surface area contributed by atoms with Crippen LogP contribution in [-0.4, -0.2) is 28.2 Å². The summed E-state index contributed by atoms with van der Waals surface area (Å²) in [4.78, 5) is 9.69. The van der Waals surface area contributed by atoms with Crippen LogP contribution in [0.4, 0.5) is 45.5 Å². The predicted molar refractivity (Wildman–Crippen MR) is 458 cm³/mol. The van der Waals surface area contributed by atoms with Gasteiger partial charge in [0.05, 0.1) is 11.4 Å². The van der Waals surface area contributed by atoms with Gasteiger partial charge in [-0.15, -0.1) is 0 Å². The highest BCUT2D eigenvalue weighted by molar-refractivity contribution is 6.03. The van der Waals surface area contributed by atoms with Gasteiger partial charge in [-0.3, -0.25) is 0 Å². The van der Waals surface area contributed by atoms with Gasteiger partial charge in [0.2, 0.25) is 0 Å². The molecule has 0 fully saturated rings. The van der Waals surface area contributed by atoms with E-state index in [0.29, 0.717) is 17.8 Å². The second kappa shape index (κ2) is 29.8. The predicted octanol–water partition coefficient (Wildman–Crippen LogP) is 27.4. The lowest BCUT2D eigenvalue weighted by atomic mass is 9.80. The molecule has 0 saturated carbocycles. The molecule has 0 aliphatic carbocycles. The maximum atomic E-state index is 2.48. The summed E-state index contributed by atoms with van der Waals surface area (Å²) < 4.78 is 0. The minimum Gasteiger partial charge on any atom is -0.344 e. The van der Waals surface area contributed by atoms with Crippen LogP contribution < -0.4 is 19.6 Å². The molecule has 530 valence electrons. The van der Waals surface area contributed by atoms with Crippen molar-refractivity contribution in [1.82, 2.24) is 0 Å². The van der Waals surface area contributed by atoms with Gasteiger partial charge in [-0.1, -0.05) is 256 Å². The highest BCUT2D eigenvalue weighted by Crippen LogP contribution is 2.49. The topological polar surface area (TPSA) is 13.0 Å². The molecule has 4 aliphatic heterocycles. The molecule has 0 radical (unpaired) electrons. The molecule has 0 aromatic heterocycles. The highest BCUT2D eigenvalue weighted by atomic mass is 15.1. The first kappa shape index (κ1) is 70.5. The van der Waals surface area contributed by atoms with Crippen molar-refractivity contribution in [2.45, 2.75) is 163 Å². The lowest BCUT2D eigenvalue weighted by Gasteiger charge is -2.29. The van der Waals surface area contributed by atoms with Crippen LogP contribution >= 0.6 is 0 Å². The van der Waals surface area contributed by atoms with E-state index in [1.54, 1.807) is 11.1 Å². The van der Waals surface area contributed by atoms with Crippen LogP contribution in [0.5, 0.6) is 0 Å². The molecule has 18 rings (SSSR count). The van der Waals surface area contributed by atoms with E-state index in [4.69, 9.17) is 0 Å². The minimum absolute atomic E-state index is 0.121. The summed E-state index contributed by atoms with van der Waals surface area (Å²) in [6.45, 7) is 20.9. The number of aryl methyl sites for hydroxylation is 6. The van der Waals surface area contributed by atoms with E-state index in [1.165, 1.54) is 191 Å². The Morgan fingerprint density at radius 1 is 0.286 bits per heavy atom. The average Bonchev–Trinajstić information content (AvgIpc) is 1.70. The van der Waals surface area contributed by atoms with Crippen LogP contribution in [0.1, 0.15) is 173 Å². The zero-order chi connectivity index (χ0) is 72.8. The van der Waals surface area contributed by atoms with Crippen molar-refractivity contribution < 1.29 is 0 Å². The van der Waals surface area contributed by atoms with Crippen LogP contribution in [0.3, 0.4) is 0 Å². The summed E-state index contributed by atoms with van der Waals surface area (Å²) >= 11 is 0. The smallest absolute Gasteiger partial charge is 0.0523 e. The van der Waals surface area contributed by atoms with Crippen molar-refractivity contribution in [3.8, 4) is 0 Å². The molecule has 0 saturated heterocycles. The molecule has 4 heterocycles. The monoisotopic (exact) mass is 1370 g/mol. The Kier molecular flexibility index (Phi) is 20.0. The Bertz CT molecular complexity index is 5560. The van der Waals surface area contributed by atoms with Gasteiger partial charge in [0.25, 0.3) is 0 Å². The Morgan fingerprint density at radius 3 is 1.31 bits per heavy atom. The van der Waals surface area contributed by atoms with Crippen molar-refractivity contribution in [1.29, 1.82) is 0 Å². The van der Waals surface area contributed by atoms with Gasteiger partial charge < -0.3 is 19.6 Å². The number of para-hydroxylation sites is 1. The second-order valence-electron chi connectivity index (χ2n) is 31.6. The standard InChI is InChI=1S/C28H29N.C27H27N.C24H27N.C22H23N/c1-4-19(5-2)26-18-21-11-7-9-13-23(21)28-25(26)16-15-24-22-12-8-6-10-20(22)14-17-27(24)29(28)3;1-27(2,3)24-16-20-11-7-8-12-22(20)26-23(24)14-13-21-15-18-9-5-6-10-19(18)17-25(21)28(26)4;1-4-17(5-2)20-12-13-23-21(15-20)10-11-22-14-18-8-6-7-9-19(18)16-24(22)25(23)3;1-15(2)20-14-22-19(17-9-5-6-10-18(17)20)13-12-16-8-4-7-11-21(16)23(22)3/h6-14,17-19H,4-5,15-16H2,1-3H3;5-12,15-17H,13-14H2,1-4H3;6-9,12-17H,4-5,10-11H2,1-3H3;4-11,14-15H,12-13H2,1-3H3. The molecule has 0 amide bonds. The van der Waals surface area contributed by atoms with Crippen molar-refractivity contribution in [3.63, 3.8) is 0 Å². The Hall–Kier alpha value is -10.2. The van der Waals surface area contributed by atoms with Crippen molar-refractivity contribution in [2.24, 2.45) is 0 Å². The van der Waals surface area contributed by atoms with Crippen molar-refractivity contribution in [3.05, 3.63) is 309 Å². The Morgan fingerprint density at radius 2 is 0.705 bits per heavy atom. The third-order valence-electron chi connectivity index (χ3n) is 24.2. The fraction of sp³-hybridized carbons (Fsp3) is 0.287. The number of anilines is 8. The molecule has 0 spiro atoms. The first-order chi connectivity index (χ1) is 51.0. The summed E-state index contributed by atoms with van der Waals surface area (Å²) in [6, 6.07) is 90.3. The molecule has 0 atom stereocenters. The number of fused-ring (bicyclic) bond motifs is 18. The molecular formula is C101H106N4. The quantitative estimate of drug-likeness (QED) is 0.158. The van der Waals surface area contributed by atoms with Crippen molar-refractivity contribution >= 4 is 110 Å². The molecule has 0 bridgehead atoms. The number of hydrogen-bond donors (Lipinski definition) is 0. The first-order valence-corrected chi connectivity index (χ1v) is 39.4. The fourth-order valence-electron chi connectivity index (χ4n) is 18.5. The van der Waals surface area contributed by atoms with E-state index in [9.17, 15) is 0 Å². The molecule has 14 aromatic carbocycles. The molecule has 4 aliphatic rings. The first-order valence-electron chi connectivity index (χ1n) is 39.4. The average molecular weight is 1380 g/mol. The lowest BCUT2D eigenvalue weighted by molar-refractivity contribution is 0.583. The molecule has 0 unspecified atom stereocenters. The number of hydrogen-bond acceptors (Lipinski definition) is 4. The molecular weight excluding hydrogens is 1270 g/mol.